The largest absolute Gasteiger partial charge is 0.382 e. The Hall–Kier alpha value is -1.77. The van der Waals surface area contributed by atoms with Crippen LogP contribution in [0.2, 0.25) is 0 Å². The van der Waals surface area contributed by atoms with Gasteiger partial charge < -0.3 is 10.3 Å². The lowest BCUT2D eigenvalue weighted by molar-refractivity contribution is 0.611. The summed E-state index contributed by atoms with van der Waals surface area (Å²) in [5, 5.41) is 0. The maximum absolute atomic E-state index is 6.11. The molecule has 1 aromatic carbocycles. The van der Waals surface area contributed by atoms with E-state index in [1.807, 2.05) is 18.2 Å². The number of anilines is 1. The third kappa shape index (κ3) is 2.13. The number of hydrogen-bond acceptors (Lipinski definition) is 2. The van der Waals surface area contributed by atoms with Crippen molar-refractivity contribution >= 4 is 5.82 Å². The summed E-state index contributed by atoms with van der Waals surface area (Å²) in [5.74, 6) is 2.17. The Morgan fingerprint density at radius 3 is 2.44 bits per heavy atom. The van der Waals surface area contributed by atoms with Gasteiger partial charge in [0.1, 0.15) is 11.6 Å². The highest BCUT2D eigenvalue weighted by Gasteiger charge is 2.18. The van der Waals surface area contributed by atoms with Gasteiger partial charge in [-0.05, 0) is 13.3 Å². The monoisotopic (exact) mass is 243 g/mol. The smallest absolute Gasteiger partial charge is 0.150 e. The van der Waals surface area contributed by atoms with E-state index in [1.54, 1.807) is 0 Å². The molecule has 1 heterocycles. The first kappa shape index (κ1) is 12.7. The molecular weight excluding hydrogens is 222 g/mol. The van der Waals surface area contributed by atoms with Gasteiger partial charge in [0.05, 0.1) is 5.69 Å². The second-order valence-corrected chi connectivity index (χ2v) is 4.62. The topological polar surface area (TPSA) is 43.8 Å². The predicted octanol–water partition coefficient (Wildman–Crippen LogP) is 3.67. The molecule has 1 unspecified atom stereocenters. The number of nitrogen functional groups attached to an aromatic ring is 1. The predicted molar refractivity (Wildman–Crippen MR) is 76.5 cm³/mol. The number of aromatic nitrogens is 2. The Morgan fingerprint density at radius 2 is 1.89 bits per heavy atom. The molecule has 0 spiro atoms. The van der Waals surface area contributed by atoms with Gasteiger partial charge in [0.2, 0.25) is 0 Å². The van der Waals surface area contributed by atoms with Crippen LogP contribution in [0.3, 0.4) is 0 Å². The molecule has 0 bridgehead atoms. The zero-order valence-electron chi connectivity index (χ0n) is 11.4. The van der Waals surface area contributed by atoms with Gasteiger partial charge in [-0.1, -0.05) is 44.2 Å². The van der Waals surface area contributed by atoms with Gasteiger partial charge >= 0.3 is 0 Å². The molecule has 18 heavy (non-hydrogen) atoms. The Kier molecular flexibility index (Phi) is 3.70. The highest BCUT2D eigenvalue weighted by molar-refractivity contribution is 5.71. The fourth-order valence-corrected chi connectivity index (χ4v) is 2.27. The minimum Gasteiger partial charge on any atom is -0.382 e. The van der Waals surface area contributed by atoms with Crippen molar-refractivity contribution in [2.45, 2.75) is 39.7 Å². The summed E-state index contributed by atoms with van der Waals surface area (Å²) < 4.78 is 2.23. The minimum atomic E-state index is 0.435. The summed E-state index contributed by atoms with van der Waals surface area (Å²) in [6.07, 6.45) is 1.07. The average Bonchev–Trinajstić information content (AvgIpc) is 2.75. The summed E-state index contributed by atoms with van der Waals surface area (Å²) in [5.41, 5.74) is 8.30. The van der Waals surface area contributed by atoms with Gasteiger partial charge in [0.15, 0.2) is 0 Å². The minimum absolute atomic E-state index is 0.435. The molecular formula is C15H21N3. The lowest BCUT2D eigenvalue weighted by Gasteiger charge is -2.13. The van der Waals surface area contributed by atoms with Crippen molar-refractivity contribution in [2.75, 3.05) is 5.73 Å². The van der Waals surface area contributed by atoms with Crippen LogP contribution in [-0.4, -0.2) is 9.55 Å². The van der Waals surface area contributed by atoms with Gasteiger partial charge in [0, 0.05) is 18.0 Å². The zero-order valence-corrected chi connectivity index (χ0v) is 11.4. The first-order valence-corrected chi connectivity index (χ1v) is 6.60. The highest BCUT2D eigenvalue weighted by Crippen LogP contribution is 2.30. The quantitative estimate of drug-likeness (QED) is 0.890. The number of nitrogens with zero attached hydrogens (tertiary/aromatic N) is 2. The van der Waals surface area contributed by atoms with Crippen molar-refractivity contribution in [3.05, 3.63) is 36.2 Å². The van der Waals surface area contributed by atoms with Gasteiger partial charge in [0.25, 0.3) is 0 Å². The number of nitrogens with two attached hydrogens (primary N) is 1. The van der Waals surface area contributed by atoms with Crippen LogP contribution in [0.1, 0.15) is 38.9 Å². The van der Waals surface area contributed by atoms with Crippen LogP contribution in [0, 0.1) is 0 Å². The number of hydrogen-bond donors (Lipinski definition) is 1. The van der Waals surface area contributed by atoms with E-state index in [4.69, 9.17) is 5.73 Å². The highest BCUT2D eigenvalue weighted by atomic mass is 15.1. The van der Waals surface area contributed by atoms with E-state index in [0.29, 0.717) is 11.7 Å². The van der Waals surface area contributed by atoms with Crippen LogP contribution in [0.4, 0.5) is 5.82 Å². The Labute approximate surface area is 109 Å². The van der Waals surface area contributed by atoms with E-state index in [9.17, 15) is 0 Å². The molecule has 0 aliphatic carbocycles. The Bertz CT molecular complexity index is 514. The lowest BCUT2D eigenvalue weighted by Crippen LogP contribution is -2.06. The van der Waals surface area contributed by atoms with Crippen molar-refractivity contribution in [1.29, 1.82) is 0 Å². The Balaban J connectivity index is 2.58. The molecule has 3 heteroatoms. The van der Waals surface area contributed by atoms with Crippen molar-refractivity contribution in [1.82, 2.24) is 9.55 Å². The second kappa shape index (κ2) is 5.25. The van der Waals surface area contributed by atoms with Crippen molar-refractivity contribution in [3.8, 4) is 11.3 Å². The second-order valence-electron chi connectivity index (χ2n) is 4.62. The van der Waals surface area contributed by atoms with E-state index in [0.717, 1.165) is 30.0 Å². The first-order chi connectivity index (χ1) is 8.69. The third-order valence-corrected chi connectivity index (χ3v) is 3.44. The van der Waals surface area contributed by atoms with Crippen molar-refractivity contribution < 1.29 is 0 Å². The van der Waals surface area contributed by atoms with Crippen LogP contribution in [-0.2, 0) is 6.54 Å². The van der Waals surface area contributed by atoms with Gasteiger partial charge in [-0.2, -0.15) is 0 Å². The third-order valence-electron chi connectivity index (χ3n) is 3.44. The Morgan fingerprint density at radius 1 is 1.22 bits per heavy atom. The van der Waals surface area contributed by atoms with Gasteiger partial charge in [-0.15, -0.1) is 0 Å². The molecule has 0 aliphatic heterocycles. The van der Waals surface area contributed by atoms with Crippen molar-refractivity contribution in [3.63, 3.8) is 0 Å². The fourth-order valence-electron chi connectivity index (χ4n) is 2.27. The van der Waals surface area contributed by atoms with E-state index in [1.165, 1.54) is 0 Å². The lowest BCUT2D eigenvalue weighted by atomic mass is 10.1. The number of benzene rings is 1. The molecule has 96 valence electrons. The summed E-state index contributed by atoms with van der Waals surface area (Å²) in [4.78, 5) is 4.57. The molecule has 2 aromatic rings. The standard InChI is InChI=1S/C15H21N3/c1-4-11(3)15-17-14(16)13(18(15)5-2)12-9-7-6-8-10-12/h6-11H,4-5,16H2,1-3H3. The molecule has 3 nitrogen and oxygen atoms in total. The van der Waals surface area contributed by atoms with E-state index >= 15 is 0 Å². The molecule has 1 atom stereocenters. The molecule has 0 saturated carbocycles. The van der Waals surface area contributed by atoms with E-state index in [-0.39, 0.29) is 0 Å². The number of imidazole rings is 1. The average molecular weight is 243 g/mol. The van der Waals surface area contributed by atoms with Crippen LogP contribution in [0.5, 0.6) is 0 Å². The summed E-state index contributed by atoms with van der Waals surface area (Å²) in [7, 11) is 0. The fraction of sp³-hybridized carbons (Fsp3) is 0.400. The normalized spacial score (nSPS) is 12.6. The first-order valence-electron chi connectivity index (χ1n) is 6.60. The molecule has 2 N–H and O–H groups in total. The molecule has 0 radical (unpaired) electrons. The van der Waals surface area contributed by atoms with Crippen LogP contribution in [0.25, 0.3) is 11.3 Å². The molecule has 0 aliphatic rings. The maximum atomic E-state index is 6.11. The van der Waals surface area contributed by atoms with E-state index in [2.05, 4.69) is 42.5 Å². The summed E-state index contributed by atoms with van der Waals surface area (Å²) >= 11 is 0. The molecule has 0 fully saturated rings. The zero-order chi connectivity index (χ0) is 13.1. The number of rotatable bonds is 4. The van der Waals surface area contributed by atoms with Crippen LogP contribution in [0.15, 0.2) is 30.3 Å². The summed E-state index contributed by atoms with van der Waals surface area (Å²) in [6.45, 7) is 7.41. The van der Waals surface area contributed by atoms with Crippen LogP contribution >= 0.6 is 0 Å². The molecule has 0 amide bonds. The molecule has 1 aromatic heterocycles. The molecule has 0 saturated heterocycles. The van der Waals surface area contributed by atoms with Crippen molar-refractivity contribution in [2.24, 2.45) is 0 Å². The SMILES string of the molecule is CCC(C)c1nc(N)c(-c2ccccc2)n1CC. The summed E-state index contributed by atoms with van der Waals surface area (Å²) in [6, 6.07) is 10.2. The molecule has 2 rings (SSSR count). The van der Waals surface area contributed by atoms with E-state index < -0.39 is 0 Å². The van der Waals surface area contributed by atoms with Gasteiger partial charge in [-0.25, -0.2) is 4.98 Å². The maximum Gasteiger partial charge on any atom is 0.150 e. The van der Waals surface area contributed by atoms with Gasteiger partial charge in [-0.3, -0.25) is 0 Å². The van der Waals surface area contributed by atoms with Crippen LogP contribution < -0.4 is 5.73 Å².